The van der Waals surface area contributed by atoms with Crippen molar-refractivity contribution in [3.8, 4) is 96.3 Å². The molecule has 67 heavy (non-hydrogen) atoms. The van der Waals surface area contributed by atoms with Crippen LogP contribution in [0, 0.1) is 0 Å². The maximum Gasteiger partial charge on any atom is 0.164 e. The van der Waals surface area contributed by atoms with Crippen LogP contribution < -0.4 is 0 Å². The molecule has 0 saturated carbocycles. The Balaban J connectivity index is 1.19. The quantitative estimate of drug-likeness (QED) is 0.144. The third-order valence-electron chi connectivity index (χ3n) is 12.1. The van der Waals surface area contributed by atoms with Crippen molar-refractivity contribution in [2.75, 3.05) is 0 Å². The molecule has 3 heterocycles. The van der Waals surface area contributed by atoms with E-state index in [1.54, 1.807) is 0 Å². The first kappa shape index (κ1) is 39.4. The second-order valence-electron chi connectivity index (χ2n) is 16.3. The minimum Gasteiger partial charge on any atom is -0.309 e. The minimum absolute atomic E-state index is 0.523. The fourth-order valence-electron chi connectivity index (χ4n) is 8.93. The molecule has 9 aromatic carbocycles. The van der Waals surface area contributed by atoms with Gasteiger partial charge in [-0.2, -0.15) is 0 Å². The van der Waals surface area contributed by atoms with Crippen molar-refractivity contribution in [1.29, 1.82) is 0 Å². The normalized spacial score (nSPS) is 11.3. The third-order valence-corrected chi connectivity index (χ3v) is 12.1. The summed E-state index contributed by atoms with van der Waals surface area (Å²) in [6.45, 7) is 0. The third kappa shape index (κ3) is 7.50. The Hall–Kier alpha value is -9.20. The molecule has 0 aliphatic heterocycles. The maximum atomic E-state index is 5.35. The molecule has 3 aromatic heterocycles. The topological polar surface area (TPSA) is 82.3 Å². The van der Waals surface area contributed by atoms with E-state index in [-0.39, 0.29) is 0 Å². The number of fused-ring (bicyclic) bond motifs is 3. The summed E-state index contributed by atoms with van der Waals surface area (Å²) in [6, 6.07) is 81.3. The van der Waals surface area contributed by atoms with E-state index in [0.29, 0.717) is 34.9 Å². The largest absolute Gasteiger partial charge is 0.309 e. The van der Waals surface area contributed by atoms with Gasteiger partial charge in [0.15, 0.2) is 34.9 Å². The number of hydrogen-bond donors (Lipinski definition) is 0. The van der Waals surface area contributed by atoms with E-state index in [2.05, 4.69) is 120 Å². The number of hydrogen-bond acceptors (Lipinski definition) is 6. The molecule has 0 aliphatic carbocycles. The second kappa shape index (κ2) is 17.1. The van der Waals surface area contributed by atoms with Gasteiger partial charge in [-0.3, -0.25) is 0 Å². The molecule has 0 bridgehead atoms. The number of aromatic nitrogens is 7. The highest BCUT2D eigenvalue weighted by atomic mass is 15.0. The van der Waals surface area contributed by atoms with Gasteiger partial charge in [0, 0.05) is 49.8 Å². The van der Waals surface area contributed by atoms with E-state index in [0.717, 1.165) is 83.1 Å². The minimum atomic E-state index is 0.523. The summed E-state index contributed by atoms with van der Waals surface area (Å²) in [4.78, 5) is 31.1. The van der Waals surface area contributed by atoms with Crippen LogP contribution in [0.4, 0.5) is 0 Å². The average molecular weight is 858 g/mol. The van der Waals surface area contributed by atoms with Gasteiger partial charge in [0.05, 0.1) is 11.0 Å². The fourth-order valence-corrected chi connectivity index (χ4v) is 8.93. The van der Waals surface area contributed by atoms with E-state index < -0.39 is 0 Å². The maximum absolute atomic E-state index is 5.35. The second-order valence-corrected chi connectivity index (χ2v) is 16.3. The molecule has 0 fully saturated rings. The lowest BCUT2D eigenvalue weighted by Crippen LogP contribution is -2.03. The first-order valence-electron chi connectivity index (χ1n) is 22.3. The van der Waals surface area contributed by atoms with Crippen LogP contribution in [-0.2, 0) is 0 Å². The van der Waals surface area contributed by atoms with Crippen LogP contribution in [0.5, 0.6) is 0 Å². The summed E-state index contributed by atoms with van der Waals surface area (Å²) >= 11 is 0. The molecular formula is C60H39N7. The Morgan fingerprint density at radius 2 is 0.627 bits per heavy atom. The predicted octanol–water partition coefficient (Wildman–Crippen LogP) is 14.5. The standard InChI is InChI=1S/C60H39N7/c1-7-21-40(22-8-1)46-38-50(54-49-33-19-20-34-52(49)67(53(54)39-46)47-31-17-6-18-32-47)48-36-35-45(59-63-55(41-23-9-2-10-24-41)61-56(64-59)42-25-11-3-12-26-42)37-51(48)60-65-57(43-27-13-4-14-28-43)62-58(66-60)44-29-15-5-16-30-44/h1-39H. The Kier molecular flexibility index (Phi) is 10.0. The van der Waals surface area contributed by atoms with Gasteiger partial charge in [-0.1, -0.05) is 200 Å². The Morgan fingerprint density at radius 1 is 0.239 bits per heavy atom. The molecule has 7 nitrogen and oxygen atoms in total. The number of rotatable bonds is 9. The summed E-state index contributed by atoms with van der Waals surface area (Å²) in [7, 11) is 0. The van der Waals surface area contributed by atoms with Crippen LogP contribution in [0.2, 0.25) is 0 Å². The van der Waals surface area contributed by atoms with Crippen LogP contribution in [0.1, 0.15) is 0 Å². The van der Waals surface area contributed by atoms with E-state index in [1.165, 1.54) is 0 Å². The smallest absolute Gasteiger partial charge is 0.164 e. The van der Waals surface area contributed by atoms with Crippen molar-refractivity contribution in [1.82, 2.24) is 34.5 Å². The molecule has 0 saturated heterocycles. The van der Waals surface area contributed by atoms with Gasteiger partial charge in [-0.25, -0.2) is 29.9 Å². The molecule has 0 aliphatic rings. The van der Waals surface area contributed by atoms with Crippen molar-refractivity contribution in [3.05, 3.63) is 237 Å². The highest BCUT2D eigenvalue weighted by Crippen LogP contribution is 2.45. The summed E-state index contributed by atoms with van der Waals surface area (Å²) in [5.74, 6) is 3.36. The van der Waals surface area contributed by atoms with E-state index >= 15 is 0 Å². The molecular weight excluding hydrogens is 819 g/mol. The van der Waals surface area contributed by atoms with Crippen molar-refractivity contribution < 1.29 is 0 Å². The highest BCUT2D eigenvalue weighted by molar-refractivity contribution is 6.18. The number of benzene rings is 9. The van der Waals surface area contributed by atoms with Gasteiger partial charge in [0.1, 0.15) is 0 Å². The van der Waals surface area contributed by atoms with Crippen LogP contribution in [0.3, 0.4) is 0 Å². The van der Waals surface area contributed by atoms with Crippen LogP contribution >= 0.6 is 0 Å². The Bertz CT molecular complexity index is 3600. The Labute approximate surface area is 387 Å². The van der Waals surface area contributed by atoms with Crippen LogP contribution in [0.25, 0.3) is 118 Å². The molecule has 0 amide bonds. The zero-order valence-electron chi connectivity index (χ0n) is 36.1. The Morgan fingerprint density at radius 3 is 1.12 bits per heavy atom. The van der Waals surface area contributed by atoms with Gasteiger partial charge in [0.2, 0.25) is 0 Å². The van der Waals surface area contributed by atoms with Gasteiger partial charge in [-0.15, -0.1) is 0 Å². The molecule has 0 N–H and O–H groups in total. The number of nitrogens with zero attached hydrogens (tertiary/aromatic N) is 7. The fraction of sp³-hybridized carbons (Fsp3) is 0. The summed E-state index contributed by atoms with van der Waals surface area (Å²) in [5, 5.41) is 2.25. The van der Waals surface area contributed by atoms with Crippen LogP contribution in [-0.4, -0.2) is 34.5 Å². The monoisotopic (exact) mass is 857 g/mol. The van der Waals surface area contributed by atoms with E-state index in [4.69, 9.17) is 29.9 Å². The first-order valence-corrected chi connectivity index (χ1v) is 22.3. The van der Waals surface area contributed by atoms with Crippen molar-refractivity contribution in [2.45, 2.75) is 0 Å². The van der Waals surface area contributed by atoms with Gasteiger partial charge < -0.3 is 4.57 Å². The molecule has 0 radical (unpaired) electrons. The molecule has 0 atom stereocenters. The molecule has 7 heteroatoms. The van der Waals surface area contributed by atoms with Crippen molar-refractivity contribution in [2.24, 2.45) is 0 Å². The van der Waals surface area contributed by atoms with E-state index in [1.807, 2.05) is 121 Å². The lowest BCUT2D eigenvalue weighted by Gasteiger charge is -2.17. The molecule has 314 valence electrons. The van der Waals surface area contributed by atoms with Gasteiger partial charge in [-0.05, 0) is 58.7 Å². The summed E-state index contributed by atoms with van der Waals surface area (Å²) in [6.07, 6.45) is 0. The zero-order chi connectivity index (χ0) is 44.5. The SMILES string of the molecule is c1ccc(-c2cc(-c3ccc(-c4nc(-c5ccccc5)nc(-c5ccccc5)n4)cc3-c3nc(-c4ccccc4)nc(-c4ccccc4)n3)c3c4ccccc4n(-c4ccccc4)c3c2)cc1. The summed E-state index contributed by atoms with van der Waals surface area (Å²) < 4.78 is 2.37. The lowest BCUT2D eigenvalue weighted by molar-refractivity contribution is 1.07. The zero-order valence-corrected chi connectivity index (χ0v) is 36.1. The molecule has 0 spiro atoms. The number of para-hydroxylation sites is 2. The van der Waals surface area contributed by atoms with Gasteiger partial charge in [0.25, 0.3) is 0 Å². The van der Waals surface area contributed by atoms with Crippen molar-refractivity contribution >= 4 is 21.8 Å². The average Bonchev–Trinajstić information content (AvgIpc) is 3.76. The summed E-state index contributed by atoms with van der Waals surface area (Å²) in [5.41, 5.74) is 12.6. The molecule has 0 unspecified atom stereocenters. The first-order chi connectivity index (χ1) is 33.2. The highest BCUT2D eigenvalue weighted by Gasteiger charge is 2.24. The van der Waals surface area contributed by atoms with Crippen molar-refractivity contribution in [3.63, 3.8) is 0 Å². The molecule has 12 aromatic rings. The van der Waals surface area contributed by atoms with Crippen LogP contribution in [0.15, 0.2) is 237 Å². The van der Waals surface area contributed by atoms with Gasteiger partial charge >= 0.3 is 0 Å². The lowest BCUT2D eigenvalue weighted by atomic mass is 9.90. The molecule has 12 rings (SSSR count). The van der Waals surface area contributed by atoms with E-state index in [9.17, 15) is 0 Å². The predicted molar refractivity (Wildman–Crippen MR) is 271 cm³/mol.